The van der Waals surface area contributed by atoms with Gasteiger partial charge in [-0.2, -0.15) is 0 Å². The van der Waals surface area contributed by atoms with E-state index >= 15 is 0 Å². The van der Waals surface area contributed by atoms with Crippen molar-refractivity contribution in [3.8, 4) is 0 Å². The van der Waals surface area contributed by atoms with Crippen molar-refractivity contribution in [2.75, 3.05) is 32.7 Å². The van der Waals surface area contributed by atoms with Gasteiger partial charge in [-0.1, -0.05) is 29.8 Å². The summed E-state index contributed by atoms with van der Waals surface area (Å²) in [4.78, 5) is 13.3. The van der Waals surface area contributed by atoms with Crippen molar-refractivity contribution >= 4 is 23.7 Å². The van der Waals surface area contributed by atoms with E-state index in [9.17, 15) is 4.79 Å². The number of hydrogen-bond donors (Lipinski definition) is 2. The van der Waals surface area contributed by atoms with E-state index in [1.807, 2.05) is 11.0 Å². The molecule has 4 nitrogen and oxygen atoms in total. The summed E-state index contributed by atoms with van der Waals surface area (Å²) in [7, 11) is 0. The number of rotatable bonds is 4. The summed E-state index contributed by atoms with van der Waals surface area (Å²) in [6.07, 6.45) is 7.18. The van der Waals surface area contributed by atoms with Gasteiger partial charge < -0.3 is 15.5 Å². The Balaban J connectivity index is 1.68. The molecule has 0 bridgehead atoms. The number of nitrogens with zero attached hydrogens (tertiary/aromatic N) is 1. The van der Waals surface area contributed by atoms with Gasteiger partial charge in [-0.3, -0.25) is 0 Å². The molecule has 2 heterocycles. The molecule has 2 N–H and O–H groups in total. The molecule has 0 aliphatic carbocycles. The van der Waals surface area contributed by atoms with Crippen molar-refractivity contribution in [1.29, 1.82) is 0 Å². The Kier molecular flexibility index (Phi) is 5.01. The minimum Gasteiger partial charge on any atom is -0.336 e. The highest BCUT2D eigenvalue weighted by molar-refractivity contribution is 6.32. The fourth-order valence-electron chi connectivity index (χ4n) is 3.11. The van der Waals surface area contributed by atoms with Gasteiger partial charge in [0.25, 0.3) is 0 Å². The lowest BCUT2D eigenvalue weighted by Gasteiger charge is -2.13. The summed E-state index contributed by atoms with van der Waals surface area (Å²) in [5, 5.41) is 7.07. The van der Waals surface area contributed by atoms with Crippen LogP contribution in [0.15, 0.2) is 18.2 Å². The van der Waals surface area contributed by atoms with Gasteiger partial charge in [0.1, 0.15) is 0 Å². The second-order valence-corrected chi connectivity index (χ2v) is 6.17. The highest BCUT2D eigenvalue weighted by atomic mass is 35.5. The Hall–Kier alpha value is -1.52. The van der Waals surface area contributed by atoms with Gasteiger partial charge in [0.2, 0.25) is 0 Å². The van der Waals surface area contributed by atoms with Crippen LogP contribution in [0.5, 0.6) is 0 Å². The first-order valence-electron chi connectivity index (χ1n) is 7.96. The summed E-state index contributed by atoms with van der Waals surface area (Å²) in [6.45, 7) is 4.36. The van der Waals surface area contributed by atoms with Crippen LogP contribution in [0.3, 0.4) is 0 Å². The zero-order chi connectivity index (χ0) is 15.4. The summed E-state index contributed by atoms with van der Waals surface area (Å²) in [6, 6.07) is 4.20. The maximum absolute atomic E-state index is 11.5. The Bertz CT molecular complexity index is 586. The molecule has 22 heavy (non-hydrogen) atoms. The highest BCUT2D eigenvalue weighted by Crippen LogP contribution is 2.27. The molecular formula is C17H22ClN3O. The molecule has 1 saturated heterocycles. The van der Waals surface area contributed by atoms with Gasteiger partial charge in [-0.05, 0) is 55.1 Å². The number of nitrogens with one attached hydrogen (secondary N) is 2. The number of amides is 2. The smallest absolute Gasteiger partial charge is 0.317 e. The van der Waals surface area contributed by atoms with Crippen molar-refractivity contribution < 1.29 is 4.79 Å². The summed E-state index contributed by atoms with van der Waals surface area (Å²) < 4.78 is 0. The van der Waals surface area contributed by atoms with Crippen molar-refractivity contribution in [1.82, 2.24) is 15.5 Å². The minimum atomic E-state index is 0.0473. The molecular weight excluding hydrogens is 298 g/mol. The third-order valence-corrected chi connectivity index (χ3v) is 4.65. The standard InChI is InChI=1S/C17H22ClN3O/c18-16-5-4-13-6-8-19-9-7-14(13)15(16)3-1-2-11-21-12-10-20-17(21)22/h1,3-5,19H,2,6-12H2,(H,20,22)/b3-1+. The second-order valence-electron chi connectivity index (χ2n) is 5.76. The third-order valence-electron chi connectivity index (χ3n) is 4.32. The molecule has 118 valence electrons. The van der Waals surface area contributed by atoms with Gasteiger partial charge in [0, 0.05) is 24.7 Å². The van der Waals surface area contributed by atoms with E-state index in [0.29, 0.717) is 0 Å². The Morgan fingerprint density at radius 2 is 2.09 bits per heavy atom. The Morgan fingerprint density at radius 3 is 2.91 bits per heavy atom. The zero-order valence-electron chi connectivity index (χ0n) is 12.7. The van der Waals surface area contributed by atoms with Crippen LogP contribution in [0, 0.1) is 0 Å². The Morgan fingerprint density at radius 1 is 1.23 bits per heavy atom. The predicted molar refractivity (Wildman–Crippen MR) is 90.4 cm³/mol. The van der Waals surface area contributed by atoms with Gasteiger partial charge in [-0.15, -0.1) is 0 Å². The fraction of sp³-hybridized carbons (Fsp3) is 0.471. The Labute approximate surface area is 136 Å². The largest absolute Gasteiger partial charge is 0.336 e. The first-order valence-corrected chi connectivity index (χ1v) is 8.34. The number of urea groups is 1. The molecule has 2 amide bonds. The van der Waals surface area contributed by atoms with Crippen LogP contribution in [0.1, 0.15) is 23.1 Å². The lowest BCUT2D eigenvalue weighted by atomic mass is 9.96. The molecule has 1 aromatic carbocycles. The fourth-order valence-corrected chi connectivity index (χ4v) is 3.35. The van der Waals surface area contributed by atoms with E-state index in [1.165, 1.54) is 11.1 Å². The van der Waals surface area contributed by atoms with E-state index in [1.54, 1.807) is 0 Å². The van der Waals surface area contributed by atoms with Gasteiger partial charge in [0.05, 0.1) is 0 Å². The first kappa shape index (κ1) is 15.4. The molecule has 0 radical (unpaired) electrons. The molecule has 2 aliphatic rings. The molecule has 2 aliphatic heterocycles. The molecule has 1 fully saturated rings. The first-order chi connectivity index (χ1) is 10.8. The summed E-state index contributed by atoms with van der Waals surface area (Å²) >= 11 is 6.40. The lowest BCUT2D eigenvalue weighted by Crippen LogP contribution is -2.28. The van der Waals surface area contributed by atoms with Crippen LogP contribution in [-0.4, -0.2) is 43.7 Å². The van der Waals surface area contributed by atoms with Gasteiger partial charge >= 0.3 is 6.03 Å². The van der Waals surface area contributed by atoms with Crippen LogP contribution in [0.4, 0.5) is 4.79 Å². The molecule has 0 saturated carbocycles. The predicted octanol–water partition coefficient (Wildman–Crippen LogP) is 2.46. The van der Waals surface area contributed by atoms with E-state index in [2.05, 4.69) is 28.9 Å². The van der Waals surface area contributed by atoms with E-state index in [-0.39, 0.29) is 6.03 Å². The van der Waals surface area contributed by atoms with Crippen LogP contribution in [-0.2, 0) is 12.8 Å². The van der Waals surface area contributed by atoms with E-state index in [4.69, 9.17) is 11.6 Å². The van der Waals surface area contributed by atoms with E-state index < -0.39 is 0 Å². The third kappa shape index (κ3) is 3.45. The topological polar surface area (TPSA) is 44.4 Å². The van der Waals surface area contributed by atoms with Crippen molar-refractivity contribution in [3.05, 3.63) is 39.9 Å². The molecule has 5 heteroatoms. The number of carbonyl (C=O) groups excluding carboxylic acids is 1. The SMILES string of the molecule is O=C1NCCN1CC/C=C/c1c(Cl)ccc2c1CCNCC2. The van der Waals surface area contributed by atoms with Crippen molar-refractivity contribution in [2.45, 2.75) is 19.3 Å². The van der Waals surface area contributed by atoms with Gasteiger partial charge in [-0.25, -0.2) is 4.79 Å². The maximum Gasteiger partial charge on any atom is 0.317 e. The molecule has 1 aromatic rings. The number of carbonyl (C=O) groups is 1. The van der Waals surface area contributed by atoms with Crippen LogP contribution in [0.25, 0.3) is 6.08 Å². The van der Waals surface area contributed by atoms with Gasteiger partial charge in [0.15, 0.2) is 0 Å². The number of benzene rings is 1. The molecule has 0 atom stereocenters. The average molecular weight is 320 g/mol. The zero-order valence-corrected chi connectivity index (χ0v) is 13.5. The monoisotopic (exact) mass is 319 g/mol. The maximum atomic E-state index is 11.5. The van der Waals surface area contributed by atoms with Crippen molar-refractivity contribution in [2.24, 2.45) is 0 Å². The molecule has 0 aromatic heterocycles. The minimum absolute atomic E-state index is 0.0473. The van der Waals surface area contributed by atoms with Crippen LogP contribution >= 0.6 is 11.6 Å². The normalized spacial score (nSPS) is 18.4. The van der Waals surface area contributed by atoms with Crippen LogP contribution < -0.4 is 10.6 Å². The van der Waals surface area contributed by atoms with Crippen LogP contribution in [0.2, 0.25) is 5.02 Å². The number of halogens is 1. The molecule has 0 unspecified atom stereocenters. The highest BCUT2D eigenvalue weighted by Gasteiger charge is 2.18. The lowest BCUT2D eigenvalue weighted by molar-refractivity contribution is 0.218. The van der Waals surface area contributed by atoms with Crippen molar-refractivity contribution in [3.63, 3.8) is 0 Å². The summed E-state index contributed by atoms with van der Waals surface area (Å²) in [5.41, 5.74) is 3.91. The average Bonchev–Trinajstić information content (AvgIpc) is 2.78. The van der Waals surface area contributed by atoms with E-state index in [0.717, 1.165) is 62.6 Å². The molecule has 0 spiro atoms. The second kappa shape index (κ2) is 7.16. The quantitative estimate of drug-likeness (QED) is 0.895. The summed E-state index contributed by atoms with van der Waals surface area (Å²) in [5.74, 6) is 0. The number of fused-ring (bicyclic) bond motifs is 1. The molecule has 3 rings (SSSR count). The number of hydrogen-bond acceptors (Lipinski definition) is 2.